The molecule has 0 N–H and O–H groups in total. The lowest BCUT2D eigenvalue weighted by Gasteiger charge is -2.50. The van der Waals surface area contributed by atoms with Gasteiger partial charge in [-0.05, 0) is 47.0 Å². The molecule has 12 nitrogen and oxygen atoms in total. The Morgan fingerprint density at radius 1 is 0.510 bits per heavy atom. The minimum absolute atomic E-state index is 0.0267. The van der Waals surface area contributed by atoms with Crippen LogP contribution in [-0.2, 0) is 39.8 Å². The van der Waals surface area contributed by atoms with Crippen LogP contribution in [0.3, 0.4) is 0 Å². The van der Waals surface area contributed by atoms with E-state index in [9.17, 15) is 0 Å². The van der Waals surface area contributed by atoms with Crippen LogP contribution in [0.1, 0.15) is 81.1 Å². The van der Waals surface area contributed by atoms with E-state index in [-0.39, 0.29) is 54.9 Å². The Morgan fingerprint density at radius 2 is 0.843 bits per heavy atom. The predicted octanol–water partition coefficient (Wildman–Crippen LogP) is 4.83. The number of alkyl halides is 1. The Labute approximate surface area is 316 Å². The molecule has 11 unspecified atom stereocenters. The number of hydrogen-bond donors (Lipinski definition) is 0. The summed E-state index contributed by atoms with van der Waals surface area (Å²) in [5.74, 6) is 0.976. The van der Waals surface area contributed by atoms with E-state index in [0.717, 1.165) is 103 Å². The summed E-state index contributed by atoms with van der Waals surface area (Å²) in [5.41, 5.74) is 0. The molecule has 0 aromatic heterocycles. The first-order valence-electron chi connectivity index (χ1n) is 20.1. The molecular weight excluding hydrogens is 726 g/mol. The summed E-state index contributed by atoms with van der Waals surface area (Å²) in [6.45, 7) is 25.1. The molecule has 16 heteroatoms. The summed E-state index contributed by atoms with van der Waals surface area (Å²) in [5, 5.41) is 0. The van der Waals surface area contributed by atoms with Gasteiger partial charge >= 0.3 is 26.4 Å². The number of rotatable bonds is 11. The van der Waals surface area contributed by atoms with Crippen LogP contribution in [0.15, 0.2) is 0 Å². The van der Waals surface area contributed by atoms with Gasteiger partial charge in [-0.15, -0.1) is 11.6 Å². The molecule has 51 heavy (non-hydrogen) atoms. The van der Waals surface area contributed by atoms with E-state index in [1.807, 2.05) is 0 Å². The monoisotopic (exact) mass is 793 g/mol. The first kappa shape index (κ1) is 41.1. The van der Waals surface area contributed by atoms with E-state index in [0.29, 0.717) is 11.8 Å². The fourth-order valence-corrected chi connectivity index (χ4v) is 19.7. The topological polar surface area (TPSA) is 92.8 Å². The second kappa shape index (κ2) is 17.7. The van der Waals surface area contributed by atoms with E-state index in [1.54, 1.807) is 0 Å². The largest absolute Gasteiger partial charge is 0.502 e. The van der Waals surface area contributed by atoms with Gasteiger partial charge in [0.25, 0.3) is 0 Å². The molecule has 9 aliphatic heterocycles. The van der Waals surface area contributed by atoms with Crippen molar-refractivity contribution in [3.63, 3.8) is 0 Å². The van der Waals surface area contributed by atoms with Gasteiger partial charge in [0.2, 0.25) is 0 Å². The second-order valence-corrected chi connectivity index (χ2v) is 24.9. The van der Waals surface area contributed by atoms with E-state index in [1.165, 1.54) is 0 Å². The predicted molar refractivity (Wildman–Crippen MR) is 203 cm³/mol. The first-order valence-corrected chi connectivity index (χ1v) is 26.4. The van der Waals surface area contributed by atoms with Gasteiger partial charge in [-0.2, -0.15) is 0 Å². The molecule has 0 aliphatic carbocycles. The van der Waals surface area contributed by atoms with Gasteiger partial charge in [0.05, 0.1) is 54.9 Å². The summed E-state index contributed by atoms with van der Waals surface area (Å²) < 4.78 is 62.3. The van der Waals surface area contributed by atoms with Crippen LogP contribution in [0.4, 0.5) is 0 Å². The van der Waals surface area contributed by atoms with E-state index in [4.69, 9.17) is 51.4 Å². The van der Waals surface area contributed by atoms with Crippen LogP contribution in [-0.4, -0.2) is 161 Å². The Bertz CT molecular complexity index is 1100. The maximum atomic E-state index is 7.24. The normalized spacial score (nSPS) is 48.1. The summed E-state index contributed by atoms with van der Waals surface area (Å²) in [4.78, 5) is 7.39. The lowest BCUT2D eigenvalue weighted by atomic mass is 10.1. The van der Waals surface area contributed by atoms with Gasteiger partial charge in [0.15, 0.2) is 0 Å². The van der Waals surface area contributed by atoms with Crippen molar-refractivity contribution in [1.82, 2.24) is 14.7 Å². The Kier molecular flexibility index (Phi) is 14.3. The second-order valence-electron chi connectivity index (χ2n) is 16.9. The van der Waals surface area contributed by atoms with Crippen molar-refractivity contribution in [1.29, 1.82) is 0 Å². The average molecular weight is 795 g/mol. The highest BCUT2D eigenvalue weighted by atomic mass is 35.5. The number of hydrogen-bond acceptors (Lipinski definition) is 12. The molecule has 11 atom stereocenters. The molecule has 9 aliphatic rings. The highest BCUT2D eigenvalue weighted by Crippen LogP contribution is 2.37. The summed E-state index contributed by atoms with van der Waals surface area (Å²) in [6, 6.07) is 2.33. The summed E-state index contributed by atoms with van der Waals surface area (Å²) in [7, 11) is -8.99. The highest BCUT2D eigenvalue weighted by Gasteiger charge is 2.55. The van der Waals surface area contributed by atoms with Crippen molar-refractivity contribution in [2.24, 2.45) is 5.92 Å². The van der Waals surface area contributed by atoms with Gasteiger partial charge in [0, 0.05) is 95.8 Å². The molecule has 0 aromatic carbocycles. The molecule has 0 spiro atoms. The maximum Gasteiger partial charge on any atom is 0.502 e. The molecule has 9 saturated heterocycles. The average Bonchev–Trinajstić information content (AvgIpc) is 2.94. The van der Waals surface area contributed by atoms with Crippen LogP contribution in [0.5, 0.6) is 0 Å². The molecule has 296 valence electrons. The molecule has 6 bridgehead atoms. The maximum absolute atomic E-state index is 7.24. The Hall–Kier alpha value is 0.461. The minimum atomic E-state index is -3.10. The third kappa shape index (κ3) is 11.1. The molecule has 9 rings (SSSR count). The van der Waals surface area contributed by atoms with Gasteiger partial charge < -0.3 is 39.8 Å². The van der Waals surface area contributed by atoms with Crippen LogP contribution in [0.25, 0.3) is 0 Å². The number of fused-ring (bicyclic) bond motifs is 18. The van der Waals surface area contributed by atoms with Gasteiger partial charge in [0.1, 0.15) is 0 Å². The zero-order valence-electron chi connectivity index (χ0n) is 32.7. The zero-order chi connectivity index (χ0) is 36.4. The van der Waals surface area contributed by atoms with Crippen molar-refractivity contribution in [3.8, 4) is 0 Å². The quantitative estimate of drug-likeness (QED) is 0.212. The SMILES string of the molecule is CCC[Si]12OC(C)CN(CC(CC3CN4CC(C)O[Si](CCCCl)(OC(C)C4)O3)O1)CC(CC1CN3CC(C)O[Si](CC(C)C)(OC(C)C3)O1)O2. The fraction of sp³-hybridized carbons (Fsp3) is 1.00. The molecular formula is C35H68ClN3O9Si3. The molecule has 9 fully saturated rings. The molecule has 0 amide bonds. The zero-order valence-corrected chi connectivity index (χ0v) is 36.4. The lowest BCUT2D eigenvalue weighted by Crippen LogP contribution is -2.65. The minimum Gasteiger partial charge on any atom is -0.369 e. The number of halogens is 1. The third-order valence-electron chi connectivity index (χ3n) is 10.6. The first-order chi connectivity index (χ1) is 24.3. The standard InChI is InChI=1S/C35H68ClN3O9Si3/c1-9-12-49-40-29(6)20-39(23-33(45-49)14-32-21-37-16-27(4)41-50(47-32,13-10-11-36)42-28(5)17-37)24-34(46-49)15-35-22-38-18-30(7)43-51(48-35,25-26(2)3)44-31(8)19-38/h26-35H,9-25H2,1-8H3. The van der Waals surface area contributed by atoms with Crippen molar-refractivity contribution in [3.05, 3.63) is 0 Å². The molecule has 0 radical (unpaired) electrons. The smallest absolute Gasteiger partial charge is 0.369 e. The summed E-state index contributed by atoms with van der Waals surface area (Å²) >= 11 is 6.20. The Morgan fingerprint density at radius 3 is 1.20 bits per heavy atom. The van der Waals surface area contributed by atoms with Gasteiger partial charge in [-0.1, -0.05) is 27.2 Å². The van der Waals surface area contributed by atoms with Crippen LogP contribution in [0, 0.1) is 5.92 Å². The number of nitrogens with zero attached hydrogens (tertiary/aromatic N) is 3. The fourth-order valence-electron chi connectivity index (χ4n) is 9.44. The van der Waals surface area contributed by atoms with E-state index in [2.05, 4.69) is 70.1 Å². The van der Waals surface area contributed by atoms with Crippen LogP contribution in [0.2, 0.25) is 18.1 Å². The van der Waals surface area contributed by atoms with E-state index < -0.39 is 26.4 Å². The van der Waals surface area contributed by atoms with Crippen molar-refractivity contribution in [2.75, 3.05) is 64.8 Å². The molecule has 9 heterocycles. The highest BCUT2D eigenvalue weighted by molar-refractivity contribution is 6.61. The Balaban J connectivity index is 1.21. The van der Waals surface area contributed by atoms with Crippen LogP contribution >= 0.6 is 11.6 Å². The summed E-state index contributed by atoms with van der Waals surface area (Å²) in [6.07, 6.45) is 3.19. The van der Waals surface area contributed by atoms with Gasteiger partial charge in [-0.3, -0.25) is 14.7 Å². The lowest BCUT2D eigenvalue weighted by molar-refractivity contribution is -0.121. The van der Waals surface area contributed by atoms with Crippen LogP contribution < -0.4 is 0 Å². The van der Waals surface area contributed by atoms with Crippen molar-refractivity contribution >= 4 is 38.0 Å². The van der Waals surface area contributed by atoms with Gasteiger partial charge in [-0.25, -0.2) is 0 Å². The third-order valence-corrected chi connectivity index (χ3v) is 20.8. The van der Waals surface area contributed by atoms with E-state index >= 15 is 0 Å². The van der Waals surface area contributed by atoms with Crippen molar-refractivity contribution in [2.45, 2.75) is 154 Å². The molecule has 0 saturated carbocycles. The molecule has 0 aromatic rings. The van der Waals surface area contributed by atoms with Crippen molar-refractivity contribution < 1.29 is 39.8 Å².